The maximum absolute atomic E-state index is 12.7. The van der Waals surface area contributed by atoms with Crippen LogP contribution in [-0.4, -0.2) is 23.1 Å². The summed E-state index contributed by atoms with van der Waals surface area (Å²) in [6, 6.07) is 25.3. The largest absolute Gasteiger partial charge is 0.445 e. The van der Waals surface area contributed by atoms with Gasteiger partial charge in [-0.15, -0.1) is 0 Å². The molecule has 1 saturated heterocycles. The third-order valence-corrected chi connectivity index (χ3v) is 5.93. The van der Waals surface area contributed by atoms with Crippen molar-refractivity contribution in [2.45, 2.75) is 38.0 Å². The van der Waals surface area contributed by atoms with E-state index in [4.69, 9.17) is 4.74 Å². The lowest BCUT2D eigenvalue weighted by atomic mass is 9.93. The predicted octanol–water partition coefficient (Wildman–Crippen LogP) is 5.80. The predicted molar refractivity (Wildman–Crippen MR) is 112 cm³/mol. The first-order chi connectivity index (χ1) is 13.8. The van der Waals surface area contributed by atoms with Gasteiger partial charge in [0.05, 0.1) is 6.04 Å². The van der Waals surface area contributed by atoms with E-state index in [9.17, 15) is 4.79 Å². The molecule has 2 aliphatic heterocycles. The van der Waals surface area contributed by atoms with Crippen molar-refractivity contribution in [3.63, 3.8) is 0 Å². The first kappa shape index (κ1) is 17.1. The first-order valence-electron chi connectivity index (χ1n) is 9.97. The van der Waals surface area contributed by atoms with E-state index < -0.39 is 0 Å². The summed E-state index contributed by atoms with van der Waals surface area (Å²) in [5.41, 5.74) is 3.64. The van der Waals surface area contributed by atoms with Crippen LogP contribution in [0.1, 0.15) is 30.4 Å². The lowest BCUT2D eigenvalue weighted by Gasteiger charge is -2.33. The molecule has 1 fully saturated rings. The number of ether oxygens (including phenoxy) is 1. The van der Waals surface area contributed by atoms with Crippen molar-refractivity contribution in [3.05, 3.63) is 90.0 Å². The molecule has 3 aromatic carbocycles. The zero-order valence-electron chi connectivity index (χ0n) is 15.8. The zero-order chi connectivity index (χ0) is 18.9. The van der Waals surface area contributed by atoms with Gasteiger partial charge in [0.25, 0.3) is 0 Å². The molecule has 3 aromatic rings. The third kappa shape index (κ3) is 3.18. The molecule has 5 rings (SSSR count). The van der Waals surface area contributed by atoms with Gasteiger partial charge in [0.2, 0.25) is 0 Å². The molecule has 2 unspecified atom stereocenters. The molecule has 2 aliphatic rings. The van der Waals surface area contributed by atoms with E-state index >= 15 is 0 Å². The molecule has 28 heavy (non-hydrogen) atoms. The minimum atomic E-state index is -0.190. The molecule has 2 bridgehead atoms. The number of carbonyl (C=O) groups is 1. The molecule has 0 aliphatic carbocycles. The van der Waals surface area contributed by atoms with Crippen LogP contribution < -0.4 is 0 Å². The molecule has 2 heterocycles. The minimum absolute atomic E-state index is 0.142. The number of carbonyl (C=O) groups excluding carboxylic acids is 1. The van der Waals surface area contributed by atoms with E-state index in [0.29, 0.717) is 6.61 Å². The number of benzene rings is 3. The molecule has 0 aromatic heterocycles. The number of hydrogen-bond donors (Lipinski definition) is 0. The van der Waals surface area contributed by atoms with Crippen LogP contribution in [-0.2, 0) is 11.3 Å². The van der Waals surface area contributed by atoms with Crippen molar-refractivity contribution in [2.24, 2.45) is 0 Å². The van der Waals surface area contributed by atoms with Crippen molar-refractivity contribution in [2.75, 3.05) is 0 Å². The second-order valence-electron chi connectivity index (χ2n) is 7.70. The second kappa shape index (κ2) is 7.16. The van der Waals surface area contributed by atoms with E-state index in [-0.39, 0.29) is 18.2 Å². The zero-order valence-corrected chi connectivity index (χ0v) is 15.8. The van der Waals surface area contributed by atoms with Crippen LogP contribution in [0, 0.1) is 0 Å². The van der Waals surface area contributed by atoms with Gasteiger partial charge < -0.3 is 4.74 Å². The summed E-state index contributed by atoms with van der Waals surface area (Å²) in [4.78, 5) is 14.7. The van der Waals surface area contributed by atoms with Crippen LogP contribution in [0.3, 0.4) is 0 Å². The molecule has 140 valence electrons. The topological polar surface area (TPSA) is 29.5 Å². The minimum Gasteiger partial charge on any atom is -0.445 e. The quantitative estimate of drug-likeness (QED) is 0.584. The Bertz CT molecular complexity index is 1040. The van der Waals surface area contributed by atoms with Gasteiger partial charge in [-0.05, 0) is 52.8 Å². The Morgan fingerprint density at radius 2 is 1.71 bits per heavy atom. The first-order valence-corrected chi connectivity index (χ1v) is 9.97. The molecule has 3 nitrogen and oxygen atoms in total. The average Bonchev–Trinajstić information content (AvgIpc) is 3.02. The molecule has 0 spiro atoms. The van der Waals surface area contributed by atoms with Crippen LogP contribution in [0.4, 0.5) is 4.79 Å². The molecule has 0 saturated carbocycles. The second-order valence-corrected chi connectivity index (χ2v) is 7.70. The fourth-order valence-electron chi connectivity index (χ4n) is 4.51. The van der Waals surface area contributed by atoms with Crippen LogP contribution in [0.25, 0.3) is 16.3 Å². The van der Waals surface area contributed by atoms with Crippen LogP contribution in [0.2, 0.25) is 0 Å². The van der Waals surface area contributed by atoms with Crippen molar-refractivity contribution in [1.82, 2.24) is 4.90 Å². The summed E-state index contributed by atoms with van der Waals surface area (Å²) in [6.07, 6.45) is 5.04. The lowest BCUT2D eigenvalue weighted by Crippen LogP contribution is -2.43. The number of hydrogen-bond acceptors (Lipinski definition) is 2. The lowest BCUT2D eigenvalue weighted by molar-refractivity contribution is 0.0832. The highest BCUT2D eigenvalue weighted by molar-refractivity contribution is 5.87. The summed E-state index contributed by atoms with van der Waals surface area (Å²) in [5, 5.41) is 2.52. The van der Waals surface area contributed by atoms with Gasteiger partial charge in [-0.25, -0.2) is 4.79 Å². The van der Waals surface area contributed by atoms with Crippen LogP contribution in [0.15, 0.2) is 78.9 Å². The molecule has 1 amide bonds. The Kier molecular flexibility index (Phi) is 4.36. The van der Waals surface area contributed by atoms with E-state index in [1.54, 1.807) is 0 Å². The van der Waals surface area contributed by atoms with Gasteiger partial charge in [-0.3, -0.25) is 4.90 Å². The molecule has 0 radical (unpaired) electrons. The van der Waals surface area contributed by atoms with E-state index in [1.807, 2.05) is 35.2 Å². The SMILES string of the molecule is O=C(OCc1ccccc1)N1C2C=C(c3ccc4ccccc4c3)CC1CC2. The van der Waals surface area contributed by atoms with Gasteiger partial charge in [0, 0.05) is 6.04 Å². The number of nitrogens with zero attached hydrogens (tertiary/aromatic N) is 1. The normalized spacial score (nSPS) is 20.9. The van der Waals surface area contributed by atoms with Crippen LogP contribution >= 0.6 is 0 Å². The smallest absolute Gasteiger partial charge is 0.410 e. The highest BCUT2D eigenvalue weighted by atomic mass is 16.6. The highest BCUT2D eigenvalue weighted by Gasteiger charge is 2.40. The maximum Gasteiger partial charge on any atom is 0.410 e. The summed E-state index contributed by atoms with van der Waals surface area (Å²) >= 11 is 0. The van der Waals surface area contributed by atoms with Gasteiger partial charge in [-0.1, -0.05) is 72.8 Å². The Morgan fingerprint density at radius 3 is 2.54 bits per heavy atom. The van der Waals surface area contributed by atoms with E-state index in [2.05, 4.69) is 48.5 Å². The summed E-state index contributed by atoms with van der Waals surface area (Å²) in [7, 11) is 0. The van der Waals surface area contributed by atoms with Crippen LogP contribution in [0.5, 0.6) is 0 Å². The summed E-state index contributed by atoms with van der Waals surface area (Å²) in [6.45, 7) is 0.330. The van der Waals surface area contributed by atoms with Gasteiger partial charge in [-0.2, -0.15) is 0 Å². The van der Waals surface area contributed by atoms with E-state index in [0.717, 1.165) is 24.8 Å². The average molecular weight is 369 g/mol. The Balaban J connectivity index is 1.34. The molecular formula is C25H23NO2. The molecule has 2 atom stereocenters. The fourth-order valence-corrected chi connectivity index (χ4v) is 4.51. The summed E-state index contributed by atoms with van der Waals surface area (Å²) < 4.78 is 5.60. The molecule has 0 N–H and O–H groups in total. The molecule has 3 heteroatoms. The van der Waals surface area contributed by atoms with Crippen molar-refractivity contribution < 1.29 is 9.53 Å². The maximum atomic E-state index is 12.7. The Morgan fingerprint density at radius 1 is 0.929 bits per heavy atom. The Labute approximate surface area is 165 Å². The van der Waals surface area contributed by atoms with Crippen molar-refractivity contribution in [3.8, 4) is 0 Å². The van der Waals surface area contributed by atoms with Gasteiger partial charge in [0.1, 0.15) is 6.61 Å². The Hall–Kier alpha value is -3.07. The number of rotatable bonds is 3. The highest BCUT2D eigenvalue weighted by Crippen LogP contribution is 2.39. The van der Waals surface area contributed by atoms with Crippen molar-refractivity contribution >= 4 is 22.4 Å². The number of amides is 1. The summed E-state index contributed by atoms with van der Waals surface area (Å²) in [5.74, 6) is 0. The number of fused-ring (bicyclic) bond motifs is 3. The molecular weight excluding hydrogens is 346 g/mol. The standard InChI is InChI=1S/C25H23NO2/c27-25(28-17-18-6-2-1-3-7-18)26-23-12-13-24(26)16-22(15-23)21-11-10-19-8-4-5-9-20(19)14-21/h1-11,14-15,23-24H,12-13,16-17H2. The van der Waals surface area contributed by atoms with E-state index in [1.165, 1.54) is 21.9 Å². The monoisotopic (exact) mass is 369 g/mol. The van der Waals surface area contributed by atoms with Gasteiger partial charge >= 0.3 is 6.09 Å². The third-order valence-electron chi connectivity index (χ3n) is 5.93. The van der Waals surface area contributed by atoms with Crippen molar-refractivity contribution in [1.29, 1.82) is 0 Å². The van der Waals surface area contributed by atoms with Gasteiger partial charge in [0.15, 0.2) is 0 Å². The fraction of sp³-hybridized carbons (Fsp3) is 0.240.